The average Bonchev–Trinajstić information content (AvgIpc) is 2.86. The minimum absolute atomic E-state index is 0.0322. The highest BCUT2D eigenvalue weighted by molar-refractivity contribution is 5.71. The second kappa shape index (κ2) is 12.0. The Balaban J connectivity index is 1.64. The Morgan fingerprint density at radius 3 is 2.10 bits per heavy atom. The van der Waals surface area contributed by atoms with E-state index in [4.69, 9.17) is 4.74 Å². The summed E-state index contributed by atoms with van der Waals surface area (Å²) in [4.78, 5) is 0. The molecule has 0 aromatic heterocycles. The van der Waals surface area contributed by atoms with Crippen LogP contribution in [0, 0.1) is 36.1 Å². The van der Waals surface area contributed by atoms with Crippen molar-refractivity contribution < 1.29 is 35.5 Å². The van der Waals surface area contributed by atoms with Gasteiger partial charge in [0.05, 0.1) is 0 Å². The van der Waals surface area contributed by atoms with Gasteiger partial charge in [0.15, 0.2) is 11.6 Å². The van der Waals surface area contributed by atoms with Gasteiger partial charge in [-0.3, -0.25) is 0 Å². The van der Waals surface area contributed by atoms with Gasteiger partial charge in [-0.15, -0.1) is 0 Å². The molecule has 8 heteroatoms. The van der Waals surface area contributed by atoms with E-state index >= 15 is 8.78 Å². The number of alkyl halides is 3. The van der Waals surface area contributed by atoms with E-state index in [0.717, 1.165) is 32.1 Å². The van der Waals surface area contributed by atoms with Gasteiger partial charge in [0, 0.05) is 11.1 Å². The van der Waals surface area contributed by atoms with Gasteiger partial charge in [-0.2, -0.15) is 13.2 Å². The van der Waals surface area contributed by atoms with E-state index in [9.17, 15) is 22.0 Å². The van der Waals surface area contributed by atoms with Crippen LogP contribution in [0.25, 0.3) is 11.1 Å². The predicted molar refractivity (Wildman–Crippen MR) is 137 cm³/mol. The summed E-state index contributed by atoms with van der Waals surface area (Å²) < 4.78 is 104. The smallest absolute Gasteiger partial charge is 0.422 e. The molecule has 0 unspecified atom stereocenters. The number of benzene rings is 3. The van der Waals surface area contributed by atoms with E-state index in [1.165, 1.54) is 43.7 Å². The lowest BCUT2D eigenvalue weighted by atomic mass is 9.76. The molecule has 1 aliphatic carbocycles. The lowest BCUT2D eigenvalue weighted by Gasteiger charge is -2.30. The summed E-state index contributed by atoms with van der Waals surface area (Å²) in [6.45, 7) is 3.63. The zero-order valence-corrected chi connectivity index (χ0v) is 21.9. The molecule has 0 spiro atoms. The summed E-state index contributed by atoms with van der Waals surface area (Å²) >= 11 is 0. The Labute approximate surface area is 224 Å². The minimum atomic E-state index is -5.21. The van der Waals surface area contributed by atoms with Crippen molar-refractivity contribution in [2.75, 3.05) is 0 Å². The zero-order chi connectivity index (χ0) is 28.3. The number of unbranched alkanes of at least 4 members (excludes halogenated alkanes) is 2. The van der Waals surface area contributed by atoms with Gasteiger partial charge >= 0.3 is 6.18 Å². The number of hydrogen-bond donors (Lipinski definition) is 0. The Bertz CT molecular complexity index is 1280. The first-order valence-corrected chi connectivity index (χ1v) is 13.3. The molecule has 3 aromatic rings. The number of rotatable bonds is 8. The molecule has 1 fully saturated rings. The van der Waals surface area contributed by atoms with Crippen LogP contribution >= 0.6 is 0 Å². The maximum Gasteiger partial charge on any atom is 0.422 e. The van der Waals surface area contributed by atoms with E-state index in [0.29, 0.717) is 30.9 Å². The number of para-hydroxylation sites is 1. The summed E-state index contributed by atoms with van der Waals surface area (Å²) in [7, 11) is 0. The normalized spacial score (nSPS) is 17.9. The quantitative estimate of drug-likeness (QED) is 0.200. The molecule has 0 atom stereocenters. The highest BCUT2D eigenvalue weighted by Crippen LogP contribution is 2.44. The molecule has 0 saturated heterocycles. The molecule has 0 aliphatic heterocycles. The van der Waals surface area contributed by atoms with E-state index in [1.54, 1.807) is 0 Å². The van der Waals surface area contributed by atoms with Crippen LogP contribution in [0.3, 0.4) is 0 Å². The third-order valence-electron chi connectivity index (χ3n) is 7.60. The van der Waals surface area contributed by atoms with Crippen molar-refractivity contribution in [3.05, 3.63) is 82.4 Å². The van der Waals surface area contributed by atoms with E-state index < -0.39 is 35.0 Å². The van der Waals surface area contributed by atoms with Gasteiger partial charge in [-0.1, -0.05) is 50.8 Å². The monoisotopic (exact) mass is 552 g/mol. The fraction of sp³-hybridized carbons (Fsp3) is 0.419. The van der Waals surface area contributed by atoms with E-state index in [-0.39, 0.29) is 39.7 Å². The van der Waals surface area contributed by atoms with Crippen LogP contribution in [0.5, 0.6) is 11.5 Å². The van der Waals surface area contributed by atoms with Gasteiger partial charge in [0.1, 0.15) is 28.8 Å². The average molecular weight is 553 g/mol. The molecule has 0 bridgehead atoms. The first kappa shape index (κ1) is 29.0. The molecule has 1 aliphatic rings. The fourth-order valence-corrected chi connectivity index (χ4v) is 5.56. The van der Waals surface area contributed by atoms with Gasteiger partial charge < -0.3 is 4.74 Å². The lowest BCUT2D eigenvalue weighted by Crippen LogP contribution is -2.16. The highest BCUT2D eigenvalue weighted by Gasteiger charge is 2.38. The minimum Gasteiger partial charge on any atom is -0.453 e. The standard InChI is InChI=1S/C31H31F7O/c1-3-4-5-8-19-11-13-20(14-12-19)27-23(32)15-18(2)30(29(27)35)39-26-10-7-6-9-22(26)21-16-24(33)28(25(34)17-21)31(36,37)38/h6-7,9-10,15-17,19-20H,3-5,8,11-14H2,1-2H3. The molecule has 1 nitrogen and oxygen atoms in total. The second-order valence-corrected chi connectivity index (χ2v) is 10.4. The van der Waals surface area contributed by atoms with Crippen LogP contribution in [0.1, 0.15) is 80.9 Å². The summed E-state index contributed by atoms with van der Waals surface area (Å²) in [6.07, 6.45) is 2.50. The summed E-state index contributed by atoms with van der Waals surface area (Å²) in [5, 5.41) is 0. The van der Waals surface area contributed by atoms with E-state index in [2.05, 4.69) is 6.92 Å². The topological polar surface area (TPSA) is 9.23 Å². The molecule has 0 N–H and O–H groups in total. The molecule has 0 heterocycles. The van der Waals surface area contributed by atoms with Crippen molar-refractivity contribution in [3.63, 3.8) is 0 Å². The fourth-order valence-electron chi connectivity index (χ4n) is 5.56. The van der Waals surface area contributed by atoms with Crippen molar-refractivity contribution in [1.82, 2.24) is 0 Å². The maximum atomic E-state index is 15.8. The van der Waals surface area contributed by atoms with Crippen molar-refractivity contribution in [1.29, 1.82) is 0 Å². The number of ether oxygens (including phenoxy) is 1. The molecule has 210 valence electrons. The van der Waals surface area contributed by atoms with Crippen molar-refractivity contribution in [3.8, 4) is 22.6 Å². The van der Waals surface area contributed by atoms with Gasteiger partial charge in [-0.25, -0.2) is 17.6 Å². The van der Waals surface area contributed by atoms with Crippen LogP contribution in [0.15, 0.2) is 42.5 Å². The summed E-state index contributed by atoms with van der Waals surface area (Å²) in [5.41, 5.74) is -2.00. The Hall–Kier alpha value is -3.03. The van der Waals surface area contributed by atoms with Crippen molar-refractivity contribution in [2.24, 2.45) is 5.92 Å². The second-order valence-electron chi connectivity index (χ2n) is 10.4. The Morgan fingerprint density at radius 2 is 1.49 bits per heavy atom. The molecule has 39 heavy (non-hydrogen) atoms. The predicted octanol–water partition coefficient (Wildman–Crippen LogP) is 10.9. The first-order valence-electron chi connectivity index (χ1n) is 13.3. The molecule has 3 aromatic carbocycles. The highest BCUT2D eigenvalue weighted by atomic mass is 19.4. The van der Waals surface area contributed by atoms with Crippen LogP contribution in [-0.4, -0.2) is 0 Å². The van der Waals surface area contributed by atoms with Crippen LogP contribution in [0.4, 0.5) is 30.7 Å². The SMILES string of the molecule is CCCCCC1CCC(c2c(F)cc(C)c(Oc3ccccc3-c3cc(F)c(C(F)(F)F)c(F)c3)c2F)CC1. The van der Waals surface area contributed by atoms with Crippen molar-refractivity contribution >= 4 is 0 Å². The van der Waals surface area contributed by atoms with Gasteiger partial charge in [0.2, 0.25) is 0 Å². The van der Waals surface area contributed by atoms with Gasteiger partial charge in [-0.05, 0) is 79.8 Å². The number of halogens is 7. The summed E-state index contributed by atoms with van der Waals surface area (Å²) in [6, 6.07) is 8.18. The van der Waals surface area contributed by atoms with Crippen LogP contribution < -0.4 is 4.74 Å². The van der Waals surface area contributed by atoms with Crippen molar-refractivity contribution in [2.45, 2.75) is 77.3 Å². The molecular weight excluding hydrogens is 521 g/mol. The number of hydrogen-bond acceptors (Lipinski definition) is 1. The van der Waals surface area contributed by atoms with Gasteiger partial charge in [0.25, 0.3) is 0 Å². The molecule has 1 saturated carbocycles. The Kier molecular flexibility index (Phi) is 8.92. The third-order valence-corrected chi connectivity index (χ3v) is 7.60. The Morgan fingerprint density at radius 1 is 0.846 bits per heavy atom. The third kappa shape index (κ3) is 6.42. The zero-order valence-electron chi connectivity index (χ0n) is 21.9. The lowest BCUT2D eigenvalue weighted by molar-refractivity contribution is -0.142. The molecule has 4 rings (SSSR count). The summed E-state index contributed by atoms with van der Waals surface area (Å²) in [5.74, 6) is -5.03. The molecule has 0 amide bonds. The number of aryl methyl sites for hydroxylation is 1. The van der Waals surface area contributed by atoms with Crippen LogP contribution in [0.2, 0.25) is 0 Å². The first-order chi connectivity index (χ1) is 18.5. The van der Waals surface area contributed by atoms with E-state index in [1.807, 2.05) is 0 Å². The largest absolute Gasteiger partial charge is 0.453 e. The maximum absolute atomic E-state index is 15.8. The molecule has 0 radical (unpaired) electrons. The van der Waals surface area contributed by atoms with Crippen LogP contribution in [-0.2, 0) is 6.18 Å². The molecular formula is C31H31F7O.